The van der Waals surface area contributed by atoms with Gasteiger partial charge >= 0.3 is 11.7 Å². The number of nitrogens with one attached hydrogen (secondary N) is 2. The SMILES string of the molecule is CC[C@H](NC(=O)Nc1cc2c(cc1OC)n(C)c(=O)n2C)c1nc(C)no1. The van der Waals surface area contributed by atoms with Crippen LogP contribution in [0.1, 0.15) is 31.1 Å². The smallest absolute Gasteiger partial charge is 0.328 e. The van der Waals surface area contributed by atoms with Crippen LogP contribution in [-0.4, -0.2) is 32.4 Å². The summed E-state index contributed by atoms with van der Waals surface area (Å²) in [5, 5.41) is 9.31. The predicted molar refractivity (Wildman–Crippen MR) is 98.9 cm³/mol. The average molecular weight is 374 g/mol. The Morgan fingerprint density at radius 2 is 1.96 bits per heavy atom. The molecule has 0 aliphatic carbocycles. The molecule has 0 saturated heterocycles. The number of aromatic nitrogens is 4. The number of hydrogen-bond acceptors (Lipinski definition) is 6. The fraction of sp³-hybridized carbons (Fsp3) is 0.412. The highest BCUT2D eigenvalue weighted by atomic mass is 16.5. The van der Waals surface area contributed by atoms with Crippen LogP contribution in [0.5, 0.6) is 5.75 Å². The van der Waals surface area contributed by atoms with E-state index in [-0.39, 0.29) is 5.69 Å². The maximum Gasteiger partial charge on any atom is 0.328 e. The topological polar surface area (TPSA) is 116 Å². The third kappa shape index (κ3) is 3.37. The van der Waals surface area contributed by atoms with Crippen LogP contribution >= 0.6 is 0 Å². The minimum Gasteiger partial charge on any atom is -0.494 e. The van der Waals surface area contributed by atoms with Crippen LogP contribution in [0.15, 0.2) is 21.5 Å². The van der Waals surface area contributed by atoms with Gasteiger partial charge in [0.2, 0.25) is 5.89 Å². The van der Waals surface area contributed by atoms with Crippen molar-refractivity contribution in [1.29, 1.82) is 0 Å². The second kappa shape index (κ2) is 7.14. The molecular weight excluding hydrogens is 352 g/mol. The van der Waals surface area contributed by atoms with Gasteiger partial charge in [-0.25, -0.2) is 9.59 Å². The molecule has 10 heteroatoms. The quantitative estimate of drug-likeness (QED) is 0.704. The van der Waals surface area contributed by atoms with E-state index in [0.717, 1.165) is 0 Å². The molecule has 2 aromatic heterocycles. The standard InChI is InChI=1S/C17H22N6O4/c1-6-10(15-18-9(2)21-27-15)19-16(24)20-11-7-12-13(8-14(11)26-5)23(4)17(25)22(12)3/h7-8,10H,6H2,1-5H3,(H2,19,20,24)/t10-/m0/s1. The zero-order valence-electron chi connectivity index (χ0n) is 15.9. The van der Waals surface area contributed by atoms with Crippen molar-refractivity contribution < 1.29 is 14.1 Å². The Labute approximate surface area is 155 Å². The molecule has 10 nitrogen and oxygen atoms in total. The van der Waals surface area contributed by atoms with Crippen molar-refractivity contribution in [3.63, 3.8) is 0 Å². The van der Waals surface area contributed by atoms with Crippen LogP contribution in [0.3, 0.4) is 0 Å². The number of aryl methyl sites for hydroxylation is 3. The molecule has 0 fully saturated rings. The van der Waals surface area contributed by atoms with Gasteiger partial charge < -0.3 is 19.9 Å². The predicted octanol–water partition coefficient (Wildman–Crippen LogP) is 1.85. The molecular formula is C17H22N6O4. The van der Waals surface area contributed by atoms with Crippen molar-refractivity contribution in [1.82, 2.24) is 24.6 Å². The molecule has 0 radical (unpaired) electrons. The summed E-state index contributed by atoms with van der Waals surface area (Å²) in [6, 6.07) is 2.55. The monoisotopic (exact) mass is 374 g/mol. The number of ether oxygens (including phenoxy) is 1. The number of carbonyl (C=O) groups is 1. The zero-order chi connectivity index (χ0) is 19.7. The average Bonchev–Trinajstić information content (AvgIpc) is 3.17. The Balaban J connectivity index is 1.87. The highest BCUT2D eigenvalue weighted by Gasteiger charge is 2.20. The first kappa shape index (κ1) is 18.5. The number of anilines is 1. The summed E-state index contributed by atoms with van der Waals surface area (Å²) in [4.78, 5) is 28.8. The van der Waals surface area contributed by atoms with Gasteiger partial charge in [-0.1, -0.05) is 12.1 Å². The minimum atomic E-state index is -0.448. The molecule has 2 heterocycles. The molecule has 3 rings (SSSR count). The summed E-state index contributed by atoms with van der Waals surface area (Å²) < 4.78 is 13.5. The first-order chi connectivity index (χ1) is 12.8. The van der Waals surface area contributed by atoms with E-state index < -0.39 is 12.1 Å². The first-order valence-corrected chi connectivity index (χ1v) is 8.46. The Bertz CT molecular complexity index is 1050. The lowest BCUT2D eigenvalue weighted by atomic mass is 10.2. The number of nitrogens with zero attached hydrogens (tertiary/aromatic N) is 4. The molecule has 2 N–H and O–H groups in total. The van der Waals surface area contributed by atoms with Crippen molar-refractivity contribution in [3.05, 3.63) is 34.3 Å². The number of amides is 2. The fourth-order valence-electron chi connectivity index (χ4n) is 2.90. The van der Waals surface area contributed by atoms with Gasteiger partial charge in [0.1, 0.15) is 11.8 Å². The lowest BCUT2D eigenvalue weighted by molar-refractivity contribution is 0.243. The Morgan fingerprint density at radius 3 is 2.52 bits per heavy atom. The van der Waals surface area contributed by atoms with Crippen LogP contribution in [0, 0.1) is 6.92 Å². The van der Waals surface area contributed by atoms with E-state index in [1.165, 1.54) is 16.2 Å². The summed E-state index contributed by atoms with van der Waals surface area (Å²) in [6.45, 7) is 3.61. The van der Waals surface area contributed by atoms with E-state index in [1.807, 2.05) is 6.92 Å². The molecule has 0 bridgehead atoms. The fourth-order valence-corrected chi connectivity index (χ4v) is 2.90. The van der Waals surface area contributed by atoms with Gasteiger partial charge in [-0.3, -0.25) is 9.13 Å². The van der Waals surface area contributed by atoms with Crippen LogP contribution in [0.4, 0.5) is 10.5 Å². The molecule has 2 amide bonds. The minimum absolute atomic E-state index is 0.161. The second-order valence-electron chi connectivity index (χ2n) is 6.18. The van der Waals surface area contributed by atoms with Gasteiger partial charge in [-0.2, -0.15) is 4.98 Å². The molecule has 27 heavy (non-hydrogen) atoms. The van der Waals surface area contributed by atoms with Crippen molar-refractivity contribution in [2.45, 2.75) is 26.3 Å². The molecule has 1 atom stereocenters. The number of imidazole rings is 1. The number of carbonyl (C=O) groups excluding carboxylic acids is 1. The van der Waals surface area contributed by atoms with E-state index in [4.69, 9.17) is 9.26 Å². The zero-order valence-corrected chi connectivity index (χ0v) is 15.9. The van der Waals surface area contributed by atoms with E-state index in [1.54, 1.807) is 33.2 Å². The van der Waals surface area contributed by atoms with Crippen LogP contribution in [-0.2, 0) is 14.1 Å². The maximum absolute atomic E-state index is 12.5. The van der Waals surface area contributed by atoms with Crippen LogP contribution < -0.4 is 21.1 Å². The molecule has 3 aromatic rings. The highest BCUT2D eigenvalue weighted by Crippen LogP contribution is 2.29. The number of methoxy groups -OCH3 is 1. The number of benzene rings is 1. The summed E-state index contributed by atoms with van der Waals surface area (Å²) >= 11 is 0. The second-order valence-corrected chi connectivity index (χ2v) is 6.18. The molecule has 0 spiro atoms. The van der Waals surface area contributed by atoms with Gasteiger partial charge in [0.05, 0.1) is 23.8 Å². The number of hydrogen-bond donors (Lipinski definition) is 2. The van der Waals surface area contributed by atoms with E-state index in [0.29, 0.717) is 40.6 Å². The van der Waals surface area contributed by atoms with Gasteiger partial charge in [0.25, 0.3) is 0 Å². The summed E-state index contributed by atoms with van der Waals surface area (Å²) in [7, 11) is 4.86. The van der Waals surface area contributed by atoms with Crippen LogP contribution in [0.25, 0.3) is 11.0 Å². The Kier molecular flexibility index (Phi) is 4.89. The molecule has 0 aliphatic rings. The van der Waals surface area contributed by atoms with Crippen molar-refractivity contribution in [2.75, 3.05) is 12.4 Å². The molecule has 144 valence electrons. The van der Waals surface area contributed by atoms with Gasteiger partial charge in [0, 0.05) is 20.2 Å². The van der Waals surface area contributed by atoms with Crippen molar-refractivity contribution in [3.8, 4) is 5.75 Å². The molecule has 1 aromatic carbocycles. The van der Waals surface area contributed by atoms with Gasteiger partial charge in [0.15, 0.2) is 5.82 Å². The van der Waals surface area contributed by atoms with Crippen molar-refractivity contribution in [2.24, 2.45) is 14.1 Å². The largest absolute Gasteiger partial charge is 0.494 e. The molecule has 0 aliphatic heterocycles. The maximum atomic E-state index is 12.5. The first-order valence-electron chi connectivity index (χ1n) is 8.46. The summed E-state index contributed by atoms with van der Waals surface area (Å²) in [5.74, 6) is 1.29. The third-order valence-electron chi connectivity index (χ3n) is 4.40. The van der Waals surface area contributed by atoms with Crippen molar-refractivity contribution >= 4 is 22.8 Å². The van der Waals surface area contributed by atoms with Gasteiger partial charge in [-0.15, -0.1) is 0 Å². The van der Waals surface area contributed by atoms with E-state index in [2.05, 4.69) is 20.8 Å². The number of urea groups is 1. The normalized spacial score (nSPS) is 12.2. The summed E-state index contributed by atoms with van der Waals surface area (Å²) in [5.41, 5.74) is 1.67. The van der Waals surface area contributed by atoms with Gasteiger partial charge in [-0.05, 0) is 19.4 Å². The lowest BCUT2D eigenvalue weighted by Gasteiger charge is -2.15. The number of rotatable bonds is 5. The van der Waals surface area contributed by atoms with Crippen LogP contribution in [0.2, 0.25) is 0 Å². The molecule has 0 saturated carbocycles. The van der Waals surface area contributed by atoms with E-state index in [9.17, 15) is 9.59 Å². The Hall–Kier alpha value is -3.30. The third-order valence-corrected chi connectivity index (χ3v) is 4.40. The number of fused-ring (bicyclic) bond motifs is 1. The molecule has 0 unspecified atom stereocenters. The lowest BCUT2D eigenvalue weighted by Crippen LogP contribution is -2.32. The highest BCUT2D eigenvalue weighted by molar-refractivity contribution is 5.94. The Morgan fingerprint density at radius 1 is 1.30 bits per heavy atom. The van der Waals surface area contributed by atoms with E-state index >= 15 is 0 Å². The summed E-state index contributed by atoms with van der Waals surface area (Å²) in [6.07, 6.45) is 0.582.